The minimum absolute atomic E-state index is 0.0650. The van der Waals surface area contributed by atoms with Gasteiger partial charge in [-0.25, -0.2) is 0 Å². The molecule has 2 atom stereocenters. The van der Waals surface area contributed by atoms with Crippen LogP contribution in [-0.2, 0) is 28.6 Å². The summed E-state index contributed by atoms with van der Waals surface area (Å²) in [5.74, 6) is 1.65. The molecule has 0 rings (SSSR count). The molecule has 0 aliphatic rings. The van der Waals surface area contributed by atoms with E-state index in [2.05, 4.69) is 41.5 Å². The molecule has 0 spiro atoms. The van der Waals surface area contributed by atoms with E-state index in [9.17, 15) is 14.4 Å². The molecule has 6 nitrogen and oxygen atoms in total. The van der Waals surface area contributed by atoms with Gasteiger partial charge in [-0.3, -0.25) is 14.4 Å². The molecule has 0 aromatic heterocycles. The fourth-order valence-corrected chi connectivity index (χ4v) is 8.44. The highest BCUT2D eigenvalue weighted by Crippen LogP contribution is 2.18. The molecule has 0 aliphatic carbocycles. The molecule has 0 amide bonds. The maximum Gasteiger partial charge on any atom is 0.306 e. The van der Waals surface area contributed by atoms with Crippen molar-refractivity contribution in [3.05, 3.63) is 0 Å². The minimum atomic E-state index is -0.763. The van der Waals surface area contributed by atoms with Gasteiger partial charge in [-0.1, -0.05) is 266 Å². The SMILES string of the molecule is CCC(C)CCCCCCCCCCC(=O)OC[C@@H](COC(=O)CCCCCCCCCCC(C)C)OC(=O)CCCCCCCCCCCCCCCCCCCCC(C)C. The van der Waals surface area contributed by atoms with Gasteiger partial charge >= 0.3 is 17.9 Å². The summed E-state index contributed by atoms with van der Waals surface area (Å²) in [7, 11) is 0. The second-order valence-electron chi connectivity index (χ2n) is 20.4. The Bertz CT molecular complexity index is 962. The van der Waals surface area contributed by atoms with E-state index in [0.29, 0.717) is 19.3 Å². The van der Waals surface area contributed by atoms with Gasteiger partial charge in [0.15, 0.2) is 6.10 Å². The number of ether oxygens (including phenoxy) is 3. The maximum absolute atomic E-state index is 12.8. The lowest BCUT2D eigenvalue weighted by Crippen LogP contribution is -2.30. The van der Waals surface area contributed by atoms with Crippen LogP contribution >= 0.6 is 0 Å². The minimum Gasteiger partial charge on any atom is -0.462 e. The molecule has 1 unspecified atom stereocenters. The van der Waals surface area contributed by atoms with E-state index in [-0.39, 0.29) is 31.1 Å². The van der Waals surface area contributed by atoms with Gasteiger partial charge in [0.2, 0.25) is 0 Å². The molecule has 0 N–H and O–H groups in total. The van der Waals surface area contributed by atoms with Gasteiger partial charge in [0.05, 0.1) is 0 Å². The number of rotatable bonds is 49. The molecular formula is C56H108O6. The fraction of sp³-hybridized carbons (Fsp3) is 0.946. The molecule has 0 aromatic carbocycles. The summed E-state index contributed by atoms with van der Waals surface area (Å²) in [6, 6.07) is 0. The predicted octanol–water partition coefficient (Wildman–Crippen LogP) is 17.9. The number of carbonyl (C=O) groups is 3. The van der Waals surface area contributed by atoms with Gasteiger partial charge in [0, 0.05) is 19.3 Å². The largest absolute Gasteiger partial charge is 0.462 e. The molecule has 0 aromatic rings. The summed E-state index contributed by atoms with van der Waals surface area (Å²) in [5, 5.41) is 0. The van der Waals surface area contributed by atoms with E-state index in [0.717, 1.165) is 75.5 Å². The Labute approximate surface area is 387 Å². The van der Waals surface area contributed by atoms with Gasteiger partial charge in [-0.2, -0.15) is 0 Å². The fourth-order valence-electron chi connectivity index (χ4n) is 8.44. The van der Waals surface area contributed by atoms with Crippen LogP contribution in [0.15, 0.2) is 0 Å². The monoisotopic (exact) mass is 877 g/mol. The summed E-state index contributed by atoms with van der Waals surface area (Å²) < 4.78 is 16.8. The third-order valence-corrected chi connectivity index (χ3v) is 13.0. The third-order valence-electron chi connectivity index (χ3n) is 13.0. The second-order valence-corrected chi connectivity index (χ2v) is 20.4. The first-order chi connectivity index (χ1) is 30.1. The van der Waals surface area contributed by atoms with E-state index in [4.69, 9.17) is 14.2 Å². The van der Waals surface area contributed by atoms with Gasteiger partial charge in [-0.15, -0.1) is 0 Å². The average Bonchev–Trinajstić information content (AvgIpc) is 3.24. The smallest absolute Gasteiger partial charge is 0.306 e. The van der Waals surface area contributed by atoms with Crippen LogP contribution in [-0.4, -0.2) is 37.2 Å². The van der Waals surface area contributed by atoms with Crippen molar-refractivity contribution >= 4 is 17.9 Å². The lowest BCUT2D eigenvalue weighted by atomic mass is 9.99. The molecule has 0 saturated heterocycles. The Kier molecular flexibility index (Phi) is 46.2. The summed E-state index contributed by atoms with van der Waals surface area (Å²) in [6.07, 6.45) is 48.1. The van der Waals surface area contributed by atoms with Crippen molar-refractivity contribution in [1.82, 2.24) is 0 Å². The molecule has 0 bridgehead atoms. The summed E-state index contributed by atoms with van der Waals surface area (Å²) in [4.78, 5) is 38.0. The van der Waals surface area contributed by atoms with Gasteiger partial charge < -0.3 is 14.2 Å². The normalized spacial score (nSPS) is 12.6. The van der Waals surface area contributed by atoms with Crippen molar-refractivity contribution < 1.29 is 28.6 Å². The lowest BCUT2D eigenvalue weighted by Gasteiger charge is -2.18. The molecule has 6 heteroatoms. The van der Waals surface area contributed by atoms with Crippen LogP contribution in [0, 0.1) is 17.8 Å². The number of esters is 3. The first kappa shape index (κ1) is 60.4. The number of carbonyl (C=O) groups excluding carboxylic acids is 3. The van der Waals surface area contributed by atoms with Crippen molar-refractivity contribution in [3.63, 3.8) is 0 Å². The summed E-state index contributed by atoms with van der Waals surface area (Å²) >= 11 is 0. The van der Waals surface area contributed by atoms with Gasteiger partial charge in [0.1, 0.15) is 13.2 Å². The van der Waals surface area contributed by atoms with E-state index in [1.807, 2.05) is 0 Å². The molecule has 0 heterocycles. The van der Waals surface area contributed by atoms with Crippen LogP contribution in [0.4, 0.5) is 0 Å². The average molecular weight is 877 g/mol. The molecule has 62 heavy (non-hydrogen) atoms. The van der Waals surface area contributed by atoms with Crippen LogP contribution in [0.3, 0.4) is 0 Å². The van der Waals surface area contributed by atoms with E-state index >= 15 is 0 Å². The van der Waals surface area contributed by atoms with Crippen molar-refractivity contribution in [2.45, 2.75) is 311 Å². The first-order valence-corrected chi connectivity index (χ1v) is 27.6. The summed E-state index contributed by atoms with van der Waals surface area (Å²) in [6.45, 7) is 13.7. The molecule has 368 valence electrons. The second kappa shape index (κ2) is 47.4. The number of hydrogen-bond donors (Lipinski definition) is 0. The third kappa shape index (κ3) is 47.9. The molecular weight excluding hydrogens is 769 g/mol. The summed E-state index contributed by atoms with van der Waals surface area (Å²) in [5.41, 5.74) is 0. The van der Waals surface area contributed by atoms with Crippen LogP contribution in [0.1, 0.15) is 305 Å². The zero-order valence-electron chi connectivity index (χ0n) is 42.7. The Balaban J connectivity index is 4.24. The number of unbranched alkanes of at least 4 members (excludes halogenated alkanes) is 31. The Hall–Kier alpha value is -1.59. The van der Waals surface area contributed by atoms with Crippen LogP contribution in [0.25, 0.3) is 0 Å². The highest BCUT2D eigenvalue weighted by atomic mass is 16.6. The molecule has 0 aliphatic heterocycles. The van der Waals surface area contributed by atoms with E-state index < -0.39 is 6.10 Å². The molecule has 0 fully saturated rings. The zero-order valence-corrected chi connectivity index (χ0v) is 42.7. The van der Waals surface area contributed by atoms with Crippen LogP contribution in [0.2, 0.25) is 0 Å². The highest BCUT2D eigenvalue weighted by molar-refractivity contribution is 5.71. The topological polar surface area (TPSA) is 78.9 Å². The van der Waals surface area contributed by atoms with E-state index in [1.165, 1.54) is 186 Å². The van der Waals surface area contributed by atoms with Crippen molar-refractivity contribution in [1.29, 1.82) is 0 Å². The Morgan fingerprint density at radius 3 is 0.839 bits per heavy atom. The lowest BCUT2D eigenvalue weighted by molar-refractivity contribution is -0.167. The highest BCUT2D eigenvalue weighted by Gasteiger charge is 2.19. The van der Waals surface area contributed by atoms with Crippen LogP contribution in [0.5, 0.6) is 0 Å². The van der Waals surface area contributed by atoms with E-state index in [1.54, 1.807) is 0 Å². The van der Waals surface area contributed by atoms with Gasteiger partial charge in [0.25, 0.3) is 0 Å². The number of hydrogen-bond acceptors (Lipinski definition) is 6. The Morgan fingerprint density at radius 1 is 0.323 bits per heavy atom. The quantitative estimate of drug-likeness (QED) is 0.0344. The first-order valence-electron chi connectivity index (χ1n) is 27.6. The van der Waals surface area contributed by atoms with Gasteiger partial charge in [-0.05, 0) is 37.0 Å². The van der Waals surface area contributed by atoms with Crippen molar-refractivity contribution in [3.8, 4) is 0 Å². The van der Waals surface area contributed by atoms with Crippen LogP contribution < -0.4 is 0 Å². The molecule has 0 radical (unpaired) electrons. The molecule has 0 saturated carbocycles. The Morgan fingerprint density at radius 2 is 0.565 bits per heavy atom. The van der Waals surface area contributed by atoms with Crippen molar-refractivity contribution in [2.24, 2.45) is 17.8 Å². The van der Waals surface area contributed by atoms with Crippen molar-refractivity contribution in [2.75, 3.05) is 13.2 Å². The predicted molar refractivity (Wildman–Crippen MR) is 266 cm³/mol. The maximum atomic E-state index is 12.8. The standard InChI is InChI=1S/C56H108O6/c1-7-52(6)44-38-32-26-21-23-28-34-40-46-55(58)61-49-53(48-60-54(57)45-39-33-27-22-20-25-31-37-43-51(4)5)62-56(59)47-41-35-29-19-17-15-13-11-9-8-10-12-14-16-18-24-30-36-42-50(2)3/h50-53H,7-49H2,1-6H3/t52?,53-/m1/s1. The zero-order chi connectivity index (χ0) is 45.6.